The minimum atomic E-state index is 0. The Morgan fingerprint density at radius 3 is 1.09 bits per heavy atom. The first-order valence-electron chi connectivity index (χ1n) is 4.13. The van der Waals surface area contributed by atoms with E-state index in [4.69, 9.17) is 0 Å². The maximum atomic E-state index is 2.31. The summed E-state index contributed by atoms with van der Waals surface area (Å²) in [5.74, 6) is 1.52. The molecule has 0 rings (SSSR count). The average molecular weight is 244 g/mol. The molecule has 68 valence electrons. The van der Waals surface area contributed by atoms with Gasteiger partial charge < -0.3 is 4.90 Å². The van der Waals surface area contributed by atoms with Crippen LogP contribution in [0.3, 0.4) is 0 Å². The van der Waals surface area contributed by atoms with Gasteiger partial charge in [0.2, 0.25) is 0 Å². The predicted molar refractivity (Wildman–Crippen MR) is 47.2 cm³/mol. The smallest absolute Gasteiger partial charge is 0.306 e. The van der Waals surface area contributed by atoms with Gasteiger partial charge in [-0.25, -0.2) is 0 Å². The Labute approximate surface area is 84.3 Å². The molecular weight excluding hydrogens is 223 g/mol. The average Bonchev–Trinajstić information content (AvgIpc) is 1.59. The van der Waals surface area contributed by atoms with Gasteiger partial charge in [-0.05, 0) is 25.9 Å². The monoisotopic (exact) mass is 245 g/mol. The zero-order chi connectivity index (χ0) is 8.31. The molecule has 0 aromatic heterocycles. The molecule has 0 fully saturated rings. The summed E-state index contributed by atoms with van der Waals surface area (Å²) in [5.41, 5.74) is 0. The van der Waals surface area contributed by atoms with E-state index in [0.29, 0.717) is 0 Å². The minimum absolute atomic E-state index is 0. The maximum Gasteiger partial charge on any atom is 2.00 e. The molecule has 0 N–H and O–H groups in total. The van der Waals surface area contributed by atoms with Crippen LogP contribution in [0.4, 0.5) is 0 Å². The number of hydrogen-bond acceptors (Lipinski definition) is 1. The van der Waals surface area contributed by atoms with Crippen molar-refractivity contribution in [1.29, 1.82) is 0 Å². The molecular formula is C9H21NRu+2. The molecule has 0 saturated heterocycles. The van der Waals surface area contributed by atoms with Crippen LogP contribution in [0.5, 0.6) is 0 Å². The van der Waals surface area contributed by atoms with E-state index < -0.39 is 0 Å². The van der Waals surface area contributed by atoms with Crippen LogP contribution >= 0.6 is 0 Å². The maximum absolute atomic E-state index is 2.31. The van der Waals surface area contributed by atoms with Crippen molar-refractivity contribution in [3.63, 3.8) is 0 Å². The first kappa shape index (κ1) is 14.1. The van der Waals surface area contributed by atoms with E-state index >= 15 is 0 Å². The van der Waals surface area contributed by atoms with Crippen LogP contribution in [0.2, 0.25) is 0 Å². The Morgan fingerprint density at radius 1 is 0.818 bits per heavy atom. The van der Waals surface area contributed by atoms with Gasteiger partial charge in [-0.3, -0.25) is 0 Å². The molecule has 0 aromatic carbocycles. The van der Waals surface area contributed by atoms with Crippen molar-refractivity contribution in [2.24, 2.45) is 11.8 Å². The Balaban J connectivity index is 0. The van der Waals surface area contributed by atoms with Crippen LogP contribution in [0, 0.1) is 11.8 Å². The molecule has 0 radical (unpaired) electrons. The van der Waals surface area contributed by atoms with E-state index in [0.717, 1.165) is 17.9 Å². The molecule has 0 aliphatic carbocycles. The summed E-state index contributed by atoms with van der Waals surface area (Å²) in [4.78, 5) is 2.31. The van der Waals surface area contributed by atoms with Gasteiger partial charge in [-0.2, -0.15) is 0 Å². The van der Waals surface area contributed by atoms with Crippen molar-refractivity contribution in [3.05, 3.63) is 0 Å². The summed E-state index contributed by atoms with van der Waals surface area (Å²) in [5, 5.41) is 0. The molecule has 2 heteroatoms. The first-order valence-corrected chi connectivity index (χ1v) is 4.13. The molecule has 1 nitrogen and oxygen atoms in total. The van der Waals surface area contributed by atoms with Crippen LogP contribution < -0.4 is 0 Å². The number of hydrogen-bond donors (Lipinski definition) is 0. The van der Waals surface area contributed by atoms with Crippen molar-refractivity contribution >= 4 is 0 Å². The Kier molecular flexibility index (Phi) is 7.88. The number of nitrogens with zero attached hydrogens (tertiary/aromatic N) is 1. The zero-order valence-electron chi connectivity index (χ0n) is 8.53. The normalized spacial score (nSPS) is 11.5. The Hall–Kier alpha value is 0.583. The van der Waals surface area contributed by atoms with Crippen LogP contribution in [0.25, 0.3) is 0 Å². The molecule has 0 bridgehead atoms. The van der Waals surface area contributed by atoms with Gasteiger partial charge in [0, 0.05) is 6.04 Å². The number of rotatable bonds is 3. The van der Waals surface area contributed by atoms with E-state index in [2.05, 4.69) is 46.7 Å². The van der Waals surface area contributed by atoms with Crippen LogP contribution in [-0.4, -0.2) is 25.0 Å². The third-order valence-electron chi connectivity index (χ3n) is 1.96. The fraction of sp³-hybridized carbons (Fsp3) is 1.00. The third kappa shape index (κ3) is 4.92. The second kappa shape index (κ2) is 6.14. The van der Waals surface area contributed by atoms with Gasteiger partial charge in [-0.15, -0.1) is 0 Å². The minimum Gasteiger partial charge on any atom is -0.306 e. The van der Waals surface area contributed by atoms with Crippen molar-refractivity contribution in [2.45, 2.75) is 33.7 Å². The Bertz CT molecular complexity index is 70.5. The van der Waals surface area contributed by atoms with Crippen LogP contribution in [0.1, 0.15) is 27.7 Å². The predicted octanol–water partition coefficient (Wildman–Crippen LogP) is 2.23. The van der Waals surface area contributed by atoms with Crippen molar-refractivity contribution in [2.75, 3.05) is 14.1 Å². The summed E-state index contributed by atoms with van der Waals surface area (Å²) in [6.45, 7) is 9.13. The van der Waals surface area contributed by atoms with Crippen molar-refractivity contribution in [1.82, 2.24) is 4.90 Å². The first-order chi connectivity index (χ1) is 4.46. The van der Waals surface area contributed by atoms with E-state index in [1.54, 1.807) is 0 Å². The van der Waals surface area contributed by atoms with Crippen LogP contribution in [-0.2, 0) is 19.5 Å². The summed E-state index contributed by atoms with van der Waals surface area (Å²) in [6.07, 6.45) is 0. The molecule has 0 heterocycles. The molecule has 0 aliphatic heterocycles. The molecule has 0 unspecified atom stereocenters. The summed E-state index contributed by atoms with van der Waals surface area (Å²) in [7, 11) is 4.31. The van der Waals surface area contributed by atoms with E-state index in [9.17, 15) is 0 Å². The Morgan fingerprint density at radius 2 is 1.09 bits per heavy atom. The molecule has 0 amide bonds. The van der Waals surface area contributed by atoms with Gasteiger partial charge in [0.25, 0.3) is 0 Å². The van der Waals surface area contributed by atoms with E-state index in [1.807, 2.05) is 0 Å². The van der Waals surface area contributed by atoms with Crippen molar-refractivity contribution in [3.8, 4) is 0 Å². The topological polar surface area (TPSA) is 3.24 Å². The second-order valence-electron chi connectivity index (χ2n) is 3.94. The SMILES string of the molecule is CC(C)C(C(C)C)N(C)C.[Ru+2]. The van der Waals surface area contributed by atoms with E-state index in [-0.39, 0.29) is 19.5 Å². The summed E-state index contributed by atoms with van der Waals surface area (Å²) < 4.78 is 0. The molecule has 0 aromatic rings. The molecule has 0 spiro atoms. The largest absolute Gasteiger partial charge is 2.00 e. The van der Waals surface area contributed by atoms with Gasteiger partial charge >= 0.3 is 19.5 Å². The van der Waals surface area contributed by atoms with Gasteiger partial charge in [0.1, 0.15) is 0 Å². The molecule has 0 saturated carbocycles. The fourth-order valence-electron chi connectivity index (χ4n) is 1.96. The summed E-state index contributed by atoms with van der Waals surface area (Å²) in [6, 6.07) is 0.722. The third-order valence-corrected chi connectivity index (χ3v) is 1.96. The van der Waals surface area contributed by atoms with Gasteiger partial charge in [-0.1, -0.05) is 27.7 Å². The molecule has 11 heavy (non-hydrogen) atoms. The van der Waals surface area contributed by atoms with E-state index in [1.165, 1.54) is 0 Å². The standard InChI is InChI=1S/C9H21N.Ru/c1-7(2)9(8(3)4)10(5)6;/h7-9H,1-6H3;/q;+2. The quantitative estimate of drug-likeness (QED) is 0.688. The van der Waals surface area contributed by atoms with Crippen LogP contribution in [0.15, 0.2) is 0 Å². The fourth-order valence-corrected chi connectivity index (χ4v) is 1.96. The molecule has 0 atom stereocenters. The zero-order valence-corrected chi connectivity index (χ0v) is 10.3. The second-order valence-corrected chi connectivity index (χ2v) is 3.94. The van der Waals surface area contributed by atoms with Gasteiger partial charge in [0.05, 0.1) is 0 Å². The van der Waals surface area contributed by atoms with Gasteiger partial charge in [0.15, 0.2) is 0 Å². The van der Waals surface area contributed by atoms with Crippen molar-refractivity contribution < 1.29 is 19.5 Å². The molecule has 0 aliphatic rings. The summed E-state index contributed by atoms with van der Waals surface area (Å²) >= 11 is 0.